The van der Waals surface area contributed by atoms with Crippen molar-refractivity contribution in [1.82, 2.24) is 20.0 Å². The average molecular weight is 330 g/mol. The lowest BCUT2D eigenvalue weighted by molar-refractivity contribution is -0.135. The fourth-order valence-electron chi connectivity index (χ4n) is 3.62. The van der Waals surface area contributed by atoms with E-state index in [0.29, 0.717) is 18.5 Å². The maximum Gasteiger partial charge on any atom is 0.236 e. The highest BCUT2D eigenvalue weighted by Crippen LogP contribution is 2.11. The van der Waals surface area contributed by atoms with E-state index in [1.54, 1.807) is 0 Å². The minimum atomic E-state index is 0.291. The van der Waals surface area contributed by atoms with Gasteiger partial charge in [0, 0.05) is 58.4 Å². The van der Waals surface area contributed by atoms with Gasteiger partial charge in [-0.15, -0.1) is 0 Å². The van der Waals surface area contributed by atoms with E-state index in [4.69, 9.17) is 0 Å². The van der Waals surface area contributed by atoms with Gasteiger partial charge < -0.3 is 10.2 Å². The van der Waals surface area contributed by atoms with Gasteiger partial charge in [0.25, 0.3) is 0 Å². The minimum Gasteiger partial charge on any atom is -0.339 e. The Morgan fingerprint density at radius 2 is 2.00 bits per heavy atom. The van der Waals surface area contributed by atoms with Crippen molar-refractivity contribution in [1.29, 1.82) is 0 Å². The van der Waals surface area contributed by atoms with Crippen molar-refractivity contribution in [2.24, 2.45) is 0 Å². The molecule has 5 nitrogen and oxygen atoms in total. The number of nitrogens with one attached hydrogen (secondary N) is 1. The molecule has 1 aromatic rings. The summed E-state index contributed by atoms with van der Waals surface area (Å²) < 4.78 is 0. The lowest BCUT2D eigenvalue weighted by atomic mass is 10.1. The lowest BCUT2D eigenvalue weighted by Crippen LogP contribution is -2.55. The third kappa shape index (κ3) is 4.56. The monoisotopic (exact) mass is 330 g/mol. The Labute approximate surface area is 145 Å². The Balaban J connectivity index is 1.45. The van der Waals surface area contributed by atoms with Gasteiger partial charge in [-0.1, -0.05) is 29.8 Å². The summed E-state index contributed by atoms with van der Waals surface area (Å²) in [5, 5.41) is 3.38. The molecule has 2 aliphatic rings. The number of benzene rings is 1. The van der Waals surface area contributed by atoms with E-state index < -0.39 is 0 Å². The molecule has 132 valence electrons. The van der Waals surface area contributed by atoms with Crippen molar-refractivity contribution in [3.63, 3.8) is 0 Å². The molecule has 2 fully saturated rings. The molecule has 0 saturated carbocycles. The molecule has 24 heavy (non-hydrogen) atoms. The maximum atomic E-state index is 12.6. The molecule has 0 spiro atoms. The molecule has 1 N–H and O–H groups in total. The number of carbonyl (C=O) groups is 1. The normalized spacial score (nSPS) is 23.4. The number of rotatable bonds is 4. The second kappa shape index (κ2) is 8.10. The summed E-state index contributed by atoms with van der Waals surface area (Å²) in [5.74, 6) is 0.291. The van der Waals surface area contributed by atoms with E-state index in [2.05, 4.69) is 53.2 Å². The first kappa shape index (κ1) is 17.4. The van der Waals surface area contributed by atoms with Crippen LogP contribution in [-0.2, 0) is 11.3 Å². The SMILES string of the molecule is Cc1cccc(CN2CCN(C(=O)CN3CCNC[C@H]3C)CC2)c1. The molecule has 0 aliphatic carbocycles. The highest BCUT2D eigenvalue weighted by atomic mass is 16.2. The number of aryl methyl sites for hydroxylation is 1. The summed E-state index contributed by atoms with van der Waals surface area (Å²) >= 11 is 0. The van der Waals surface area contributed by atoms with Crippen LogP contribution in [0, 0.1) is 6.92 Å². The average Bonchev–Trinajstić information content (AvgIpc) is 2.57. The van der Waals surface area contributed by atoms with Crippen molar-refractivity contribution < 1.29 is 4.79 Å². The van der Waals surface area contributed by atoms with Crippen molar-refractivity contribution in [2.45, 2.75) is 26.4 Å². The second-order valence-electron chi connectivity index (χ2n) is 7.17. The Bertz CT molecular complexity index is 554. The van der Waals surface area contributed by atoms with Crippen molar-refractivity contribution in [3.8, 4) is 0 Å². The second-order valence-corrected chi connectivity index (χ2v) is 7.17. The fraction of sp³-hybridized carbons (Fsp3) is 0.632. The molecule has 2 saturated heterocycles. The van der Waals surface area contributed by atoms with Crippen LogP contribution in [0.3, 0.4) is 0 Å². The molecular weight excluding hydrogens is 300 g/mol. The largest absolute Gasteiger partial charge is 0.339 e. The summed E-state index contributed by atoms with van der Waals surface area (Å²) in [7, 11) is 0. The van der Waals surface area contributed by atoms with Gasteiger partial charge in [0.1, 0.15) is 0 Å². The van der Waals surface area contributed by atoms with Crippen LogP contribution < -0.4 is 5.32 Å². The first-order valence-corrected chi connectivity index (χ1v) is 9.12. The Morgan fingerprint density at radius 1 is 1.21 bits per heavy atom. The lowest BCUT2D eigenvalue weighted by Gasteiger charge is -2.38. The number of amides is 1. The van der Waals surface area contributed by atoms with Gasteiger partial charge in [-0.2, -0.15) is 0 Å². The van der Waals surface area contributed by atoms with Crippen LogP contribution >= 0.6 is 0 Å². The third-order valence-electron chi connectivity index (χ3n) is 5.19. The van der Waals surface area contributed by atoms with Crippen LogP contribution in [0.2, 0.25) is 0 Å². The van der Waals surface area contributed by atoms with Crippen LogP contribution in [-0.4, -0.2) is 79.0 Å². The predicted octanol–water partition coefficient (Wildman–Crippen LogP) is 0.933. The van der Waals surface area contributed by atoms with E-state index >= 15 is 0 Å². The number of piperazine rings is 2. The molecule has 0 unspecified atom stereocenters. The molecule has 0 radical (unpaired) electrons. The van der Waals surface area contributed by atoms with Crippen LogP contribution in [0.1, 0.15) is 18.1 Å². The van der Waals surface area contributed by atoms with Crippen LogP contribution in [0.25, 0.3) is 0 Å². The Hall–Kier alpha value is -1.43. The summed E-state index contributed by atoms with van der Waals surface area (Å²) in [5.41, 5.74) is 2.68. The number of hydrogen-bond acceptors (Lipinski definition) is 4. The van der Waals surface area contributed by atoms with Crippen LogP contribution in [0.5, 0.6) is 0 Å². The first-order chi connectivity index (χ1) is 11.6. The third-order valence-corrected chi connectivity index (χ3v) is 5.19. The van der Waals surface area contributed by atoms with Gasteiger partial charge in [0.05, 0.1) is 6.54 Å². The molecule has 1 atom stereocenters. The first-order valence-electron chi connectivity index (χ1n) is 9.12. The predicted molar refractivity (Wildman–Crippen MR) is 96.9 cm³/mol. The smallest absolute Gasteiger partial charge is 0.236 e. The van der Waals surface area contributed by atoms with Gasteiger partial charge in [0.2, 0.25) is 5.91 Å². The summed E-state index contributed by atoms with van der Waals surface area (Å²) in [6, 6.07) is 9.15. The zero-order valence-electron chi connectivity index (χ0n) is 15.0. The molecule has 5 heteroatoms. The number of nitrogens with zero attached hydrogens (tertiary/aromatic N) is 3. The van der Waals surface area contributed by atoms with Gasteiger partial charge in [-0.25, -0.2) is 0 Å². The highest BCUT2D eigenvalue weighted by Gasteiger charge is 2.25. The molecule has 0 bridgehead atoms. The zero-order valence-corrected chi connectivity index (χ0v) is 15.0. The van der Waals surface area contributed by atoms with Crippen molar-refractivity contribution in [3.05, 3.63) is 35.4 Å². The number of carbonyl (C=O) groups excluding carboxylic acids is 1. The summed E-state index contributed by atoms with van der Waals surface area (Å²) in [4.78, 5) is 19.4. The summed E-state index contributed by atoms with van der Waals surface area (Å²) in [6.07, 6.45) is 0. The molecular formula is C19H30N4O. The molecule has 2 aliphatic heterocycles. The van der Waals surface area contributed by atoms with E-state index in [1.165, 1.54) is 11.1 Å². The molecule has 1 amide bonds. The van der Waals surface area contributed by atoms with Crippen LogP contribution in [0.15, 0.2) is 24.3 Å². The van der Waals surface area contributed by atoms with Gasteiger partial charge in [-0.3, -0.25) is 14.6 Å². The maximum absolute atomic E-state index is 12.6. The van der Waals surface area contributed by atoms with E-state index in [-0.39, 0.29) is 0 Å². The van der Waals surface area contributed by atoms with Crippen molar-refractivity contribution in [2.75, 3.05) is 52.4 Å². The van der Waals surface area contributed by atoms with Gasteiger partial charge >= 0.3 is 0 Å². The molecule has 0 aromatic heterocycles. The fourth-order valence-corrected chi connectivity index (χ4v) is 3.62. The quantitative estimate of drug-likeness (QED) is 0.892. The van der Waals surface area contributed by atoms with E-state index in [1.807, 2.05) is 4.90 Å². The minimum absolute atomic E-state index is 0.291. The highest BCUT2D eigenvalue weighted by molar-refractivity contribution is 5.78. The summed E-state index contributed by atoms with van der Waals surface area (Å²) in [6.45, 7) is 12.5. The Morgan fingerprint density at radius 3 is 2.71 bits per heavy atom. The van der Waals surface area contributed by atoms with Crippen LogP contribution in [0.4, 0.5) is 0 Å². The number of hydrogen-bond donors (Lipinski definition) is 1. The molecule has 3 rings (SSSR count). The topological polar surface area (TPSA) is 38.8 Å². The van der Waals surface area contributed by atoms with E-state index in [9.17, 15) is 4.79 Å². The van der Waals surface area contributed by atoms with Crippen molar-refractivity contribution >= 4 is 5.91 Å². The van der Waals surface area contributed by atoms with Gasteiger partial charge in [0.15, 0.2) is 0 Å². The standard InChI is InChI=1S/C19H30N4O/c1-16-4-3-5-18(12-16)14-21-8-10-22(11-9-21)19(24)15-23-7-6-20-13-17(23)2/h3-5,12,17,20H,6-11,13-15H2,1-2H3/t17-/m1/s1. The van der Waals surface area contributed by atoms with E-state index in [0.717, 1.165) is 52.4 Å². The Kier molecular flexibility index (Phi) is 5.87. The molecule has 2 heterocycles. The zero-order chi connectivity index (χ0) is 16.9. The molecule has 1 aromatic carbocycles. The van der Waals surface area contributed by atoms with Gasteiger partial charge in [-0.05, 0) is 19.4 Å².